The summed E-state index contributed by atoms with van der Waals surface area (Å²) < 4.78 is 10.7. The van der Waals surface area contributed by atoms with Crippen molar-refractivity contribution in [1.82, 2.24) is 4.98 Å². The van der Waals surface area contributed by atoms with E-state index in [2.05, 4.69) is 41.4 Å². The minimum Gasteiger partial charge on any atom is -0.461 e. The molecule has 0 aliphatic heterocycles. The number of hydrogen-bond acceptors (Lipinski definition) is 4. The summed E-state index contributed by atoms with van der Waals surface area (Å²) in [6.07, 6.45) is 3.41. The molecule has 0 N–H and O–H groups in total. The van der Waals surface area contributed by atoms with Crippen LogP contribution < -0.4 is 15.9 Å². The van der Waals surface area contributed by atoms with Gasteiger partial charge in [0.1, 0.15) is 5.70 Å². The molecule has 164 valence electrons. The average Bonchev–Trinajstić information content (AvgIpc) is 2.89. The van der Waals surface area contributed by atoms with Crippen LogP contribution in [0.3, 0.4) is 0 Å². The van der Waals surface area contributed by atoms with Gasteiger partial charge in [0.2, 0.25) is 0 Å². The van der Waals surface area contributed by atoms with Crippen LogP contribution in [0.25, 0.3) is 6.08 Å². The number of ether oxygens (including phenoxy) is 1. The summed E-state index contributed by atoms with van der Waals surface area (Å²) in [6.45, 7) is 2.06. The topological polar surface area (TPSA) is 51.5 Å². The molecule has 0 aliphatic carbocycles. The molecule has 0 spiro atoms. The molecular weight excluding hydrogens is 427 g/mol. The van der Waals surface area contributed by atoms with Crippen molar-refractivity contribution in [1.29, 1.82) is 0 Å². The van der Waals surface area contributed by atoms with Gasteiger partial charge >= 0.3 is 5.97 Å². The van der Waals surface area contributed by atoms with Gasteiger partial charge in [-0.15, -0.1) is 0 Å². The molecule has 3 aromatic carbocycles. The summed E-state index contributed by atoms with van der Waals surface area (Å²) in [5, 5.41) is 3.16. The first kappa shape index (κ1) is 22.4. The van der Waals surface area contributed by atoms with E-state index in [9.17, 15) is 4.79 Å². The van der Waals surface area contributed by atoms with E-state index in [4.69, 9.17) is 9.48 Å². The highest BCUT2D eigenvalue weighted by molar-refractivity contribution is 7.87. The van der Waals surface area contributed by atoms with Crippen LogP contribution in [-0.4, -0.2) is 17.6 Å². The molecule has 0 aliphatic rings. The zero-order chi connectivity index (χ0) is 22.9. The van der Waals surface area contributed by atoms with Crippen molar-refractivity contribution in [2.24, 2.45) is 4.74 Å². The number of benzene rings is 3. The lowest BCUT2D eigenvalue weighted by molar-refractivity contribution is -0.138. The molecular formula is C28H25N2O2P. The molecule has 1 aromatic heterocycles. The Kier molecular flexibility index (Phi) is 7.29. The number of esters is 1. The predicted molar refractivity (Wildman–Crippen MR) is 136 cm³/mol. The Morgan fingerprint density at radius 3 is 1.70 bits per heavy atom. The maximum atomic E-state index is 13.1. The van der Waals surface area contributed by atoms with E-state index in [0.29, 0.717) is 5.69 Å². The maximum absolute atomic E-state index is 13.1. The summed E-state index contributed by atoms with van der Waals surface area (Å²) in [6, 6.07) is 36.1. The van der Waals surface area contributed by atoms with Gasteiger partial charge in [-0.05, 0) is 25.1 Å². The van der Waals surface area contributed by atoms with Crippen LogP contribution in [0.1, 0.15) is 12.6 Å². The fourth-order valence-electron chi connectivity index (χ4n) is 3.65. The third kappa shape index (κ3) is 5.02. The summed E-state index contributed by atoms with van der Waals surface area (Å²) in [4.78, 5) is 17.5. The Labute approximate surface area is 194 Å². The third-order valence-corrected chi connectivity index (χ3v) is 8.76. The molecule has 5 heteroatoms. The highest BCUT2D eigenvalue weighted by Gasteiger charge is 2.29. The van der Waals surface area contributed by atoms with E-state index in [1.165, 1.54) is 0 Å². The Hall–Kier alpha value is -3.75. The second-order valence-electron chi connectivity index (χ2n) is 7.25. The van der Waals surface area contributed by atoms with Gasteiger partial charge in [-0.25, -0.2) is 9.54 Å². The molecule has 0 radical (unpaired) electrons. The molecule has 4 aromatic rings. The zero-order valence-electron chi connectivity index (χ0n) is 18.4. The summed E-state index contributed by atoms with van der Waals surface area (Å²) >= 11 is 0. The summed E-state index contributed by atoms with van der Waals surface area (Å²) in [7, 11) is -2.60. The first-order valence-corrected chi connectivity index (χ1v) is 12.6. The van der Waals surface area contributed by atoms with Gasteiger partial charge in [-0.1, -0.05) is 97.1 Å². The SMILES string of the molecule is CCOC(=O)/C(=C/c1ccccn1)N=P(c1ccccc1)(c1ccccc1)c1ccccc1. The number of aromatic nitrogens is 1. The van der Waals surface area contributed by atoms with Crippen molar-refractivity contribution in [3.63, 3.8) is 0 Å². The Balaban J connectivity index is 2.10. The highest BCUT2D eigenvalue weighted by Crippen LogP contribution is 2.48. The number of pyridine rings is 1. The molecule has 33 heavy (non-hydrogen) atoms. The van der Waals surface area contributed by atoms with Gasteiger partial charge in [-0.3, -0.25) is 4.98 Å². The largest absolute Gasteiger partial charge is 0.461 e. The van der Waals surface area contributed by atoms with Crippen molar-refractivity contribution in [2.45, 2.75) is 6.92 Å². The van der Waals surface area contributed by atoms with Gasteiger partial charge < -0.3 is 4.74 Å². The van der Waals surface area contributed by atoms with Crippen LogP contribution in [0.5, 0.6) is 0 Å². The minimum absolute atomic E-state index is 0.250. The van der Waals surface area contributed by atoms with E-state index in [1.807, 2.05) is 72.8 Å². The highest BCUT2D eigenvalue weighted by atomic mass is 31.2. The Bertz CT molecular complexity index is 1170. The Morgan fingerprint density at radius 2 is 1.27 bits per heavy atom. The summed E-state index contributed by atoms with van der Waals surface area (Å²) in [5.41, 5.74) is 0.900. The van der Waals surface area contributed by atoms with Gasteiger partial charge in [0.15, 0.2) is 0 Å². The lowest BCUT2D eigenvalue weighted by Gasteiger charge is -2.27. The van der Waals surface area contributed by atoms with Crippen molar-refractivity contribution >= 4 is 35.0 Å². The summed E-state index contributed by atoms with van der Waals surface area (Å²) in [5.74, 6) is -0.463. The number of carbonyl (C=O) groups excluding carboxylic acids is 1. The van der Waals surface area contributed by atoms with E-state index >= 15 is 0 Å². The standard InChI is InChI=1S/C28H25N2O2P/c1-2-32-28(31)27(22-23-14-12-13-21-29-23)30-33(24-15-6-3-7-16-24,25-17-8-4-9-18-25)26-19-10-5-11-20-26/h3-22H,2H2,1H3/b27-22-. The van der Waals surface area contributed by atoms with Gasteiger partial charge in [-0.2, -0.15) is 0 Å². The van der Waals surface area contributed by atoms with E-state index in [-0.39, 0.29) is 12.3 Å². The fraction of sp³-hybridized carbons (Fsp3) is 0.0714. The number of carbonyl (C=O) groups is 1. The molecule has 0 saturated heterocycles. The van der Waals surface area contributed by atoms with Crippen molar-refractivity contribution in [2.75, 3.05) is 6.61 Å². The number of rotatable bonds is 7. The van der Waals surface area contributed by atoms with Crippen molar-refractivity contribution in [3.05, 3.63) is 127 Å². The monoisotopic (exact) mass is 452 g/mol. The van der Waals surface area contributed by atoms with E-state index in [0.717, 1.165) is 15.9 Å². The Morgan fingerprint density at radius 1 is 0.788 bits per heavy atom. The number of nitrogens with zero attached hydrogens (tertiary/aromatic N) is 2. The van der Waals surface area contributed by atoms with Gasteiger partial charge in [0.25, 0.3) is 0 Å². The fourth-order valence-corrected chi connectivity index (χ4v) is 7.16. The van der Waals surface area contributed by atoms with Crippen molar-refractivity contribution < 1.29 is 9.53 Å². The lowest BCUT2D eigenvalue weighted by Crippen LogP contribution is -2.26. The van der Waals surface area contributed by atoms with Crippen LogP contribution in [-0.2, 0) is 9.53 Å². The van der Waals surface area contributed by atoms with Gasteiger partial charge in [0, 0.05) is 22.1 Å². The molecule has 4 nitrogen and oxygen atoms in total. The predicted octanol–water partition coefficient (Wildman–Crippen LogP) is 5.16. The second kappa shape index (κ2) is 10.7. The molecule has 4 rings (SSSR count). The molecule has 1 heterocycles. The van der Waals surface area contributed by atoms with E-state index in [1.54, 1.807) is 19.2 Å². The minimum atomic E-state index is -2.60. The molecule has 0 saturated carbocycles. The first-order valence-electron chi connectivity index (χ1n) is 10.8. The van der Waals surface area contributed by atoms with Crippen LogP contribution in [0.2, 0.25) is 0 Å². The quantitative estimate of drug-likeness (QED) is 0.221. The van der Waals surface area contributed by atoms with Crippen LogP contribution in [0.4, 0.5) is 0 Å². The van der Waals surface area contributed by atoms with Gasteiger partial charge in [0.05, 0.1) is 19.4 Å². The second-order valence-corrected chi connectivity index (χ2v) is 10.3. The smallest absolute Gasteiger partial charge is 0.356 e. The zero-order valence-corrected chi connectivity index (χ0v) is 19.3. The van der Waals surface area contributed by atoms with Crippen LogP contribution in [0.15, 0.2) is 126 Å². The molecule has 0 atom stereocenters. The average molecular weight is 452 g/mol. The third-order valence-electron chi connectivity index (χ3n) is 5.10. The first-order chi connectivity index (χ1) is 16.2. The molecule has 0 bridgehead atoms. The maximum Gasteiger partial charge on any atom is 0.356 e. The molecule has 0 unspecified atom stereocenters. The normalized spacial score (nSPS) is 11.6. The molecule has 0 fully saturated rings. The lowest BCUT2D eigenvalue weighted by atomic mass is 10.3. The molecule has 0 amide bonds. The van der Waals surface area contributed by atoms with Crippen LogP contribution in [0, 0.1) is 0 Å². The van der Waals surface area contributed by atoms with E-state index < -0.39 is 13.0 Å². The van der Waals surface area contributed by atoms with Crippen LogP contribution >= 0.6 is 7.05 Å². The number of hydrogen-bond donors (Lipinski definition) is 0. The van der Waals surface area contributed by atoms with Crippen molar-refractivity contribution in [3.8, 4) is 0 Å².